The number of hydrogen-bond acceptors (Lipinski definition) is 3. The summed E-state index contributed by atoms with van der Waals surface area (Å²) in [5.74, 6) is 0.344. The third kappa shape index (κ3) is 2.31. The first-order valence-electron chi connectivity index (χ1n) is 6.53. The van der Waals surface area contributed by atoms with E-state index in [0.29, 0.717) is 6.04 Å². The molecule has 18 heavy (non-hydrogen) atoms. The predicted octanol–water partition coefficient (Wildman–Crippen LogP) is 2.45. The first kappa shape index (κ1) is 12.2. The van der Waals surface area contributed by atoms with E-state index in [9.17, 15) is 4.39 Å². The first-order valence-corrected chi connectivity index (χ1v) is 6.91. The summed E-state index contributed by atoms with van der Waals surface area (Å²) in [4.78, 5) is 6.10. The van der Waals surface area contributed by atoms with Crippen molar-refractivity contribution in [3.63, 3.8) is 0 Å². The Kier molecular flexibility index (Phi) is 3.39. The van der Waals surface area contributed by atoms with Gasteiger partial charge in [0.05, 0.1) is 11.9 Å². The zero-order chi connectivity index (χ0) is 12.5. The smallest absolute Gasteiger partial charge is 0.164 e. The number of halogens is 2. The van der Waals surface area contributed by atoms with Crippen molar-refractivity contribution in [3.8, 4) is 0 Å². The monoisotopic (exact) mass is 269 g/mol. The molecule has 2 saturated heterocycles. The van der Waals surface area contributed by atoms with Crippen LogP contribution in [0.3, 0.4) is 0 Å². The van der Waals surface area contributed by atoms with Crippen LogP contribution in [0.4, 0.5) is 10.1 Å². The molecule has 2 aliphatic rings. The second kappa shape index (κ2) is 5.02. The van der Waals surface area contributed by atoms with Crippen molar-refractivity contribution >= 4 is 17.3 Å². The van der Waals surface area contributed by atoms with E-state index in [-0.39, 0.29) is 5.15 Å². The second-order valence-corrected chi connectivity index (χ2v) is 5.50. The van der Waals surface area contributed by atoms with Crippen molar-refractivity contribution in [2.45, 2.75) is 25.3 Å². The predicted molar refractivity (Wildman–Crippen MR) is 70.5 cm³/mol. The van der Waals surface area contributed by atoms with Gasteiger partial charge >= 0.3 is 0 Å². The van der Waals surface area contributed by atoms with Gasteiger partial charge in [0, 0.05) is 25.2 Å². The van der Waals surface area contributed by atoms with Crippen LogP contribution in [0.2, 0.25) is 5.15 Å². The lowest BCUT2D eigenvalue weighted by Crippen LogP contribution is -2.29. The van der Waals surface area contributed by atoms with Crippen molar-refractivity contribution in [1.82, 2.24) is 10.3 Å². The molecule has 5 heteroatoms. The second-order valence-electron chi connectivity index (χ2n) is 5.14. The van der Waals surface area contributed by atoms with Crippen LogP contribution in [0.1, 0.15) is 19.3 Å². The van der Waals surface area contributed by atoms with Gasteiger partial charge in [0.1, 0.15) is 0 Å². The van der Waals surface area contributed by atoms with E-state index in [2.05, 4.69) is 15.2 Å². The number of fused-ring (bicyclic) bond motifs is 1. The molecular formula is C13H17ClFN3. The van der Waals surface area contributed by atoms with E-state index < -0.39 is 5.82 Å². The van der Waals surface area contributed by atoms with E-state index in [4.69, 9.17) is 11.6 Å². The minimum atomic E-state index is -0.434. The summed E-state index contributed by atoms with van der Waals surface area (Å²) in [5.41, 5.74) is 0.844. The van der Waals surface area contributed by atoms with Crippen LogP contribution in [0.5, 0.6) is 0 Å². The van der Waals surface area contributed by atoms with E-state index in [0.717, 1.165) is 37.7 Å². The number of nitrogens with one attached hydrogen (secondary N) is 1. The lowest BCUT2D eigenvalue weighted by atomic mass is 9.96. The summed E-state index contributed by atoms with van der Waals surface area (Å²) in [6, 6.07) is 2.13. The fourth-order valence-electron chi connectivity index (χ4n) is 3.08. The Morgan fingerprint density at radius 2 is 2.17 bits per heavy atom. The summed E-state index contributed by atoms with van der Waals surface area (Å²) in [6.45, 7) is 3.08. The number of pyridine rings is 1. The normalized spacial score (nSPS) is 28.0. The molecular weight excluding hydrogens is 253 g/mol. The molecule has 0 bridgehead atoms. The van der Waals surface area contributed by atoms with Gasteiger partial charge in [0.15, 0.2) is 11.0 Å². The van der Waals surface area contributed by atoms with Crippen LogP contribution < -0.4 is 10.2 Å². The standard InChI is InChI=1S/C13H17ClFN3/c14-13-11(15)7-10(8-17-13)18-5-2-9-1-4-16-12(9)3-6-18/h7-9,12,16H,1-6H2/t9-,12+/m0/s1. The number of hydrogen-bond donors (Lipinski definition) is 1. The van der Waals surface area contributed by atoms with Gasteiger partial charge in [-0.15, -0.1) is 0 Å². The topological polar surface area (TPSA) is 28.2 Å². The Morgan fingerprint density at radius 3 is 3.00 bits per heavy atom. The van der Waals surface area contributed by atoms with Crippen molar-refractivity contribution in [2.24, 2.45) is 5.92 Å². The molecule has 3 rings (SSSR count). The van der Waals surface area contributed by atoms with Crippen LogP contribution in [-0.2, 0) is 0 Å². The van der Waals surface area contributed by atoms with Gasteiger partial charge in [0.25, 0.3) is 0 Å². The summed E-state index contributed by atoms with van der Waals surface area (Å²) >= 11 is 5.62. The van der Waals surface area contributed by atoms with Crippen molar-refractivity contribution in [1.29, 1.82) is 0 Å². The molecule has 3 heterocycles. The summed E-state index contributed by atoms with van der Waals surface area (Å²) in [6.07, 6.45) is 5.22. The number of nitrogens with zero attached hydrogens (tertiary/aromatic N) is 2. The summed E-state index contributed by atoms with van der Waals surface area (Å²) in [7, 11) is 0. The first-order chi connectivity index (χ1) is 8.74. The molecule has 0 saturated carbocycles. The number of anilines is 1. The molecule has 2 aliphatic heterocycles. The Balaban J connectivity index is 1.74. The van der Waals surface area contributed by atoms with Crippen LogP contribution in [-0.4, -0.2) is 30.7 Å². The molecule has 0 radical (unpaired) electrons. The van der Waals surface area contributed by atoms with Crippen LogP contribution >= 0.6 is 11.6 Å². The Morgan fingerprint density at radius 1 is 1.33 bits per heavy atom. The Labute approximate surface area is 111 Å². The molecule has 0 unspecified atom stereocenters. The van der Waals surface area contributed by atoms with Gasteiger partial charge in [-0.3, -0.25) is 0 Å². The molecule has 2 fully saturated rings. The Hall–Kier alpha value is -0.870. The van der Waals surface area contributed by atoms with Gasteiger partial charge in [0.2, 0.25) is 0 Å². The van der Waals surface area contributed by atoms with Crippen LogP contribution in [0.25, 0.3) is 0 Å². The summed E-state index contributed by atoms with van der Waals surface area (Å²) < 4.78 is 13.4. The van der Waals surface area contributed by atoms with Crippen molar-refractivity contribution in [2.75, 3.05) is 24.5 Å². The molecule has 0 aliphatic carbocycles. The molecule has 2 atom stereocenters. The zero-order valence-electron chi connectivity index (χ0n) is 10.2. The highest BCUT2D eigenvalue weighted by molar-refractivity contribution is 6.29. The average Bonchev–Trinajstić information content (AvgIpc) is 2.72. The third-order valence-corrected chi connectivity index (χ3v) is 4.40. The minimum absolute atomic E-state index is 0.0490. The highest BCUT2D eigenvalue weighted by atomic mass is 35.5. The fourth-order valence-corrected chi connectivity index (χ4v) is 3.18. The lowest BCUT2D eigenvalue weighted by Gasteiger charge is -2.22. The van der Waals surface area contributed by atoms with Gasteiger partial charge < -0.3 is 10.2 Å². The zero-order valence-corrected chi connectivity index (χ0v) is 11.0. The summed E-state index contributed by atoms with van der Waals surface area (Å²) in [5, 5.41) is 3.50. The van der Waals surface area contributed by atoms with E-state index in [1.165, 1.54) is 18.9 Å². The molecule has 98 valence electrons. The molecule has 1 N–H and O–H groups in total. The van der Waals surface area contributed by atoms with Crippen molar-refractivity contribution in [3.05, 3.63) is 23.2 Å². The van der Waals surface area contributed by atoms with Crippen molar-refractivity contribution < 1.29 is 4.39 Å². The van der Waals surface area contributed by atoms with Crippen LogP contribution in [0.15, 0.2) is 12.3 Å². The molecule has 0 amide bonds. The van der Waals surface area contributed by atoms with Gasteiger partial charge in [-0.05, 0) is 31.7 Å². The number of aromatic nitrogens is 1. The minimum Gasteiger partial charge on any atom is -0.370 e. The number of rotatable bonds is 1. The average molecular weight is 270 g/mol. The van der Waals surface area contributed by atoms with E-state index in [1.807, 2.05) is 0 Å². The molecule has 0 aromatic carbocycles. The maximum absolute atomic E-state index is 13.4. The van der Waals surface area contributed by atoms with Crippen LogP contribution in [0, 0.1) is 11.7 Å². The van der Waals surface area contributed by atoms with Gasteiger partial charge in [-0.25, -0.2) is 9.37 Å². The van der Waals surface area contributed by atoms with E-state index >= 15 is 0 Å². The molecule has 1 aromatic heterocycles. The molecule has 3 nitrogen and oxygen atoms in total. The van der Waals surface area contributed by atoms with E-state index in [1.54, 1.807) is 6.20 Å². The van der Waals surface area contributed by atoms with Gasteiger partial charge in [-0.1, -0.05) is 11.6 Å². The highest BCUT2D eigenvalue weighted by Crippen LogP contribution is 2.28. The fraction of sp³-hybridized carbons (Fsp3) is 0.615. The quantitative estimate of drug-likeness (QED) is 0.794. The highest BCUT2D eigenvalue weighted by Gasteiger charge is 2.30. The lowest BCUT2D eigenvalue weighted by molar-refractivity contribution is 0.436. The Bertz CT molecular complexity index is 426. The maximum atomic E-state index is 13.4. The molecule has 0 spiro atoms. The SMILES string of the molecule is Fc1cc(N2CC[C@@H]3CCN[C@@H]3CC2)cnc1Cl. The van der Waals surface area contributed by atoms with Gasteiger partial charge in [-0.2, -0.15) is 0 Å². The molecule has 1 aromatic rings. The maximum Gasteiger partial charge on any atom is 0.164 e. The third-order valence-electron chi connectivity index (χ3n) is 4.12. The largest absolute Gasteiger partial charge is 0.370 e.